The van der Waals surface area contributed by atoms with E-state index in [0.29, 0.717) is 6.47 Å². The van der Waals surface area contributed by atoms with Gasteiger partial charge in [-0.2, -0.15) is 0 Å². The van der Waals surface area contributed by atoms with Crippen molar-refractivity contribution in [3.05, 3.63) is 0 Å². The first-order valence-corrected chi connectivity index (χ1v) is 3.76. The monoisotopic (exact) mass is 174 g/mol. The van der Waals surface area contributed by atoms with Crippen molar-refractivity contribution in [2.45, 2.75) is 13.8 Å². The molecule has 0 fully saturated rings. The summed E-state index contributed by atoms with van der Waals surface area (Å²) in [5.74, 6) is -0.533. The third kappa shape index (κ3) is 3.37. The van der Waals surface area contributed by atoms with E-state index in [1.54, 1.807) is 6.92 Å². The highest BCUT2D eigenvalue weighted by Gasteiger charge is 2.20. The van der Waals surface area contributed by atoms with Crippen LogP contribution in [0.25, 0.3) is 0 Å². The molecule has 12 heavy (non-hydrogen) atoms. The van der Waals surface area contributed by atoms with Gasteiger partial charge in [-0.25, -0.2) is 0 Å². The number of methoxy groups -OCH3 is 1. The lowest BCUT2D eigenvalue weighted by Gasteiger charge is -2.15. The Labute approximate surface area is 71.8 Å². The Hall–Kier alpha value is -1.06. The van der Waals surface area contributed by atoms with Crippen LogP contribution in [-0.2, 0) is 19.1 Å². The van der Waals surface area contributed by atoms with E-state index in [-0.39, 0.29) is 24.4 Å². The van der Waals surface area contributed by atoms with Gasteiger partial charge in [-0.15, -0.1) is 0 Å². The SMILES string of the molecule is COC(=O)C(C)C(C)COC=O. The molecule has 0 amide bonds. The van der Waals surface area contributed by atoms with Crippen molar-refractivity contribution in [3.63, 3.8) is 0 Å². The van der Waals surface area contributed by atoms with Gasteiger partial charge in [0.15, 0.2) is 0 Å². The number of hydrogen-bond acceptors (Lipinski definition) is 4. The average Bonchev–Trinajstić information content (AvgIpc) is 2.11. The molecule has 0 saturated heterocycles. The second-order valence-corrected chi connectivity index (χ2v) is 2.72. The highest BCUT2D eigenvalue weighted by molar-refractivity contribution is 5.72. The van der Waals surface area contributed by atoms with Gasteiger partial charge in [-0.3, -0.25) is 9.59 Å². The molecule has 0 aliphatic carbocycles. The molecule has 0 N–H and O–H groups in total. The third-order valence-electron chi connectivity index (χ3n) is 1.85. The summed E-state index contributed by atoms with van der Waals surface area (Å²) in [4.78, 5) is 20.8. The Morgan fingerprint density at radius 1 is 1.50 bits per heavy atom. The number of hydrogen-bond donors (Lipinski definition) is 0. The zero-order valence-corrected chi connectivity index (χ0v) is 7.57. The molecule has 0 aliphatic rings. The van der Waals surface area contributed by atoms with Crippen LogP contribution in [0.15, 0.2) is 0 Å². The summed E-state index contributed by atoms with van der Waals surface area (Å²) in [6.45, 7) is 4.19. The van der Waals surface area contributed by atoms with Crippen molar-refractivity contribution < 1.29 is 19.1 Å². The Bertz CT molecular complexity index is 155. The van der Waals surface area contributed by atoms with Gasteiger partial charge in [0, 0.05) is 5.92 Å². The van der Waals surface area contributed by atoms with Crippen LogP contribution in [0, 0.1) is 11.8 Å². The standard InChI is InChI=1S/C8H14O4/c1-6(4-12-5-9)7(2)8(10)11-3/h5-7H,4H2,1-3H3. The van der Waals surface area contributed by atoms with Crippen LogP contribution in [0.1, 0.15) is 13.8 Å². The molecule has 0 heterocycles. The molecule has 0 aromatic heterocycles. The van der Waals surface area contributed by atoms with Gasteiger partial charge in [0.05, 0.1) is 19.6 Å². The van der Waals surface area contributed by atoms with Crippen LogP contribution in [-0.4, -0.2) is 26.2 Å². The second-order valence-electron chi connectivity index (χ2n) is 2.72. The lowest BCUT2D eigenvalue weighted by Crippen LogP contribution is -2.23. The molecule has 0 aliphatic heterocycles. The summed E-state index contributed by atoms with van der Waals surface area (Å²) in [6.07, 6.45) is 0. The summed E-state index contributed by atoms with van der Waals surface area (Å²) < 4.78 is 9.05. The van der Waals surface area contributed by atoms with Gasteiger partial charge in [0.2, 0.25) is 0 Å². The molecular formula is C8H14O4. The molecule has 2 unspecified atom stereocenters. The molecule has 0 radical (unpaired) electrons. The smallest absolute Gasteiger partial charge is 0.308 e. The first-order chi connectivity index (χ1) is 5.63. The molecule has 0 spiro atoms. The highest BCUT2D eigenvalue weighted by atomic mass is 16.5. The van der Waals surface area contributed by atoms with Crippen LogP contribution < -0.4 is 0 Å². The fourth-order valence-electron chi connectivity index (χ4n) is 0.754. The zero-order valence-electron chi connectivity index (χ0n) is 7.57. The summed E-state index contributed by atoms with van der Waals surface area (Å²) >= 11 is 0. The minimum absolute atomic E-state index is 0.0114. The molecule has 4 heteroatoms. The van der Waals surface area contributed by atoms with Crippen LogP contribution in [0.5, 0.6) is 0 Å². The summed E-state index contributed by atoms with van der Waals surface area (Å²) in [5.41, 5.74) is 0. The highest BCUT2D eigenvalue weighted by Crippen LogP contribution is 2.12. The molecular weight excluding hydrogens is 160 g/mol. The first kappa shape index (κ1) is 10.9. The number of rotatable bonds is 5. The topological polar surface area (TPSA) is 52.6 Å². The Morgan fingerprint density at radius 3 is 2.50 bits per heavy atom. The maximum absolute atomic E-state index is 11.0. The van der Waals surface area contributed by atoms with Gasteiger partial charge in [0.1, 0.15) is 0 Å². The Balaban J connectivity index is 3.82. The van der Waals surface area contributed by atoms with Crippen molar-refractivity contribution in [3.8, 4) is 0 Å². The lowest BCUT2D eigenvalue weighted by atomic mass is 9.97. The maximum atomic E-state index is 11.0. The fraction of sp³-hybridized carbons (Fsp3) is 0.750. The summed E-state index contributed by atoms with van der Waals surface area (Å²) in [7, 11) is 1.34. The largest absolute Gasteiger partial charge is 0.469 e. The van der Waals surface area contributed by atoms with E-state index in [0.717, 1.165) is 0 Å². The van der Waals surface area contributed by atoms with Gasteiger partial charge in [-0.1, -0.05) is 13.8 Å². The number of carbonyl (C=O) groups excluding carboxylic acids is 2. The third-order valence-corrected chi connectivity index (χ3v) is 1.85. The lowest BCUT2D eigenvalue weighted by molar-refractivity contribution is -0.148. The molecule has 0 aromatic rings. The molecule has 0 saturated carbocycles. The van der Waals surface area contributed by atoms with Gasteiger partial charge in [0.25, 0.3) is 6.47 Å². The number of esters is 1. The van der Waals surface area contributed by atoms with E-state index in [9.17, 15) is 9.59 Å². The average molecular weight is 174 g/mol. The van der Waals surface area contributed by atoms with Crippen molar-refractivity contribution >= 4 is 12.4 Å². The molecule has 2 atom stereocenters. The van der Waals surface area contributed by atoms with E-state index in [2.05, 4.69) is 9.47 Å². The summed E-state index contributed by atoms with van der Waals surface area (Å²) in [5, 5.41) is 0. The van der Waals surface area contributed by atoms with E-state index in [1.165, 1.54) is 7.11 Å². The number of ether oxygens (including phenoxy) is 2. The van der Waals surface area contributed by atoms with Crippen LogP contribution >= 0.6 is 0 Å². The van der Waals surface area contributed by atoms with Crippen LogP contribution in [0.4, 0.5) is 0 Å². The normalized spacial score (nSPS) is 14.6. The Morgan fingerprint density at radius 2 is 2.08 bits per heavy atom. The molecule has 70 valence electrons. The predicted molar refractivity (Wildman–Crippen MR) is 42.4 cm³/mol. The predicted octanol–water partition coefficient (Wildman–Crippen LogP) is 0.605. The van der Waals surface area contributed by atoms with E-state index in [4.69, 9.17) is 0 Å². The van der Waals surface area contributed by atoms with Crippen molar-refractivity contribution in [1.29, 1.82) is 0 Å². The minimum atomic E-state index is -0.281. The minimum Gasteiger partial charge on any atom is -0.469 e. The molecule has 4 nitrogen and oxygen atoms in total. The van der Waals surface area contributed by atoms with Gasteiger partial charge in [-0.05, 0) is 0 Å². The van der Waals surface area contributed by atoms with Crippen LogP contribution in [0.3, 0.4) is 0 Å². The van der Waals surface area contributed by atoms with E-state index >= 15 is 0 Å². The van der Waals surface area contributed by atoms with Gasteiger partial charge >= 0.3 is 5.97 Å². The Kier molecular flexibility index (Phi) is 5.08. The second kappa shape index (κ2) is 5.57. The maximum Gasteiger partial charge on any atom is 0.308 e. The molecule has 0 rings (SSSR count). The summed E-state index contributed by atoms with van der Waals surface area (Å²) in [6, 6.07) is 0. The first-order valence-electron chi connectivity index (χ1n) is 3.76. The van der Waals surface area contributed by atoms with Gasteiger partial charge < -0.3 is 9.47 Å². The van der Waals surface area contributed by atoms with Crippen molar-refractivity contribution in [1.82, 2.24) is 0 Å². The van der Waals surface area contributed by atoms with Crippen molar-refractivity contribution in [2.75, 3.05) is 13.7 Å². The molecule has 0 bridgehead atoms. The van der Waals surface area contributed by atoms with E-state index < -0.39 is 0 Å². The molecule has 0 aromatic carbocycles. The quantitative estimate of drug-likeness (QED) is 0.452. The fourth-order valence-corrected chi connectivity index (χ4v) is 0.754. The van der Waals surface area contributed by atoms with Crippen molar-refractivity contribution in [2.24, 2.45) is 11.8 Å². The van der Waals surface area contributed by atoms with E-state index in [1.807, 2.05) is 6.92 Å². The van der Waals surface area contributed by atoms with Crippen LogP contribution in [0.2, 0.25) is 0 Å². The number of carbonyl (C=O) groups is 2. The zero-order chi connectivity index (χ0) is 9.56.